The summed E-state index contributed by atoms with van der Waals surface area (Å²) in [7, 11) is -2.41. The molecule has 136 valence electrons. The highest BCUT2D eigenvalue weighted by Gasteiger charge is 2.27. The van der Waals surface area contributed by atoms with Gasteiger partial charge < -0.3 is 4.74 Å². The van der Waals surface area contributed by atoms with Crippen LogP contribution in [-0.2, 0) is 9.53 Å². The van der Waals surface area contributed by atoms with E-state index in [1.807, 2.05) is 54.6 Å². The number of carbonyl (C=O) groups is 1. The molecule has 0 radical (unpaired) electrons. The van der Waals surface area contributed by atoms with E-state index in [9.17, 15) is 4.79 Å². The SMILES string of the molecule is CCOC(=O)/C=N\N=P(c1ccccc1)(c1ccccc1)c1ccccc1. The first-order valence-electron chi connectivity index (χ1n) is 8.75. The fraction of sp³-hybridized carbons (Fsp3) is 0.0909. The maximum absolute atomic E-state index is 11.7. The second kappa shape index (κ2) is 9.11. The van der Waals surface area contributed by atoms with Crippen molar-refractivity contribution in [2.75, 3.05) is 6.61 Å². The third-order valence-electron chi connectivity index (χ3n) is 4.03. The van der Waals surface area contributed by atoms with Gasteiger partial charge in [-0.25, -0.2) is 4.79 Å². The van der Waals surface area contributed by atoms with E-state index in [2.05, 4.69) is 41.5 Å². The minimum atomic E-state index is -2.41. The van der Waals surface area contributed by atoms with Gasteiger partial charge in [0.15, 0.2) is 0 Å². The number of ether oxygens (including phenoxy) is 1. The Morgan fingerprint density at radius 3 is 1.59 bits per heavy atom. The molecule has 27 heavy (non-hydrogen) atoms. The minimum absolute atomic E-state index is 0.307. The average molecular weight is 376 g/mol. The molecule has 0 spiro atoms. The Bertz CT molecular complexity index is 852. The Morgan fingerprint density at radius 2 is 1.22 bits per heavy atom. The summed E-state index contributed by atoms with van der Waals surface area (Å²) < 4.78 is 4.94. The number of carbonyl (C=O) groups excluding carboxylic acids is 1. The number of benzene rings is 3. The molecule has 0 N–H and O–H groups in total. The summed E-state index contributed by atoms with van der Waals surface area (Å²) in [6, 6.07) is 30.3. The first kappa shape index (κ1) is 18.8. The van der Waals surface area contributed by atoms with Crippen molar-refractivity contribution < 1.29 is 9.53 Å². The van der Waals surface area contributed by atoms with Crippen molar-refractivity contribution >= 4 is 35.2 Å². The molecule has 0 saturated heterocycles. The molecular weight excluding hydrogens is 355 g/mol. The molecule has 4 nitrogen and oxygen atoms in total. The third kappa shape index (κ3) is 4.24. The van der Waals surface area contributed by atoms with Crippen LogP contribution in [0.25, 0.3) is 0 Å². The summed E-state index contributed by atoms with van der Waals surface area (Å²) >= 11 is 0. The van der Waals surface area contributed by atoms with E-state index < -0.39 is 13.0 Å². The summed E-state index contributed by atoms with van der Waals surface area (Å²) in [6.45, 7) is 2.07. The van der Waals surface area contributed by atoms with Gasteiger partial charge in [0.05, 0.1) is 13.7 Å². The fourth-order valence-corrected chi connectivity index (χ4v) is 6.08. The first-order chi connectivity index (χ1) is 13.3. The van der Waals surface area contributed by atoms with Gasteiger partial charge in [-0.05, 0) is 6.92 Å². The van der Waals surface area contributed by atoms with Crippen molar-refractivity contribution in [3.8, 4) is 0 Å². The Morgan fingerprint density at radius 1 is 0.815 bits per heavy atom. The fourth-order valence-electron chi connectivity index (χ4n) is 2.86. The Hall–Kier alpha value is -2.97. The number of nitrogens with zero attached hydrogens (tertiary/aromatic N) is 2. The zero-order valence-corrected chi connectivity index (χ0v) is 16.0. The third-order valence-corrected chi connectivity index (χ3v) is 7.53. The van der Waals surface area contributed by atoms with Crippen LogP contribution in [0.1, 0.15) is 6.92 Å². The lowest BCUT2D eigenvalue weighted by atomic mass is 10.4. The van der Waals surface area contributed by atoms with E-state index in [0.29, 0.717) is 6.61 Å². The molecular formula is C22H21N2O2P. The monoisotopic (exact) mass is 376 g/mol. The molecule has 3 rings (SSSR count). The zero-order valence-electron chi connectivity index (χ0n) is 15.1. The topological polar surface area (TPSA) is 51.0 Å². The van der Waals surface area contributed by atoms with Gasteiger partial charge >= 0.3 is 5.97 Å². The quantitative estimate of drug-likeness (QED) is 0.285. The van der Waals surface area contributed by atoms with E-state index in [0.717, 1.165) is 22.1 Å². The van der Waals surface area contributed by atoms with Gasteiger partial charge in [-0.15, -0.1) is 0 Å². The van der Waals surface area contributed by atoms with Crippen molar-refractivity contribution in [1.29, 1.82) is 0 Å². The van der Waals surface area contributed by atoms with Crippen LogP contribution in [-0.4, -0.2) is 18.8 Å². The molecule has 5 heteroatoms. The highest BCUT2D eigenvalue weighted by Crippen LogP contribution is 2.46. The summed E-state index contributed by atoms with van der Waals surface area (Å²) in [6.07, 6.45) is 1.15. The van der Waals surface area contributed by atoms with Crippen molar-refractivity contribution in [2.45, 2.75) is 6.92 Å². The van der Waals surface area contributed by atoms with Crippen LogP contribution in [0.3, 0.4) is 0 Å². The lowest BCUT2D eigenvalue weighted by molar-refractivity contribution is -0.134. The lowest BCUT2D eigenvalue weighted by Gasteiger charge is -2.25. The van der Waals surface area contributed by atoms with Crippen LogP contribution in [0.4, 0.5) is 0 Å². The summed E-state index contributed by atoms with van der Waals surface area (Å²) in [4.78, 5) is 16.5. The number of rotatable bonds is 6. The van der Waals surface area contributed by atoms with E-state index in [-0.39, 0.29) is 0 Å². The second-order valence-electron chi connectivity index (χ2n) is 5.73. The smallest absolute Gasteiger partial charge is 0.351 e. The normalized spacial score (nSPS) is 11.3. The molecule has 3 aromatic carbocycles. The van der Waals surface area contributed by atoms with Gasteiger partial charge in [-0.2, -0.15) is 9.96 Å². The average Bonchev–Trinajstić information content (AvgIpc) is 2.73. The van der Waals surface area contributed by atoms with Crippen molar-refractivity contribution in [3.63, 3.8) is 0 Å². The Kier molecular flexibility index (Phi) is 6.35. The van der Waals surface area contributed by atoms with E-state index >= 15 is 0 Å². The minimum Gasteiger partial charge on any atom is -0.462 e. The van der Waals surface area contributed by atoms with E-state index in [4.69, 9.17) is 9.59 Å². The second-order valence-corrected chi connectivity index (χ2v) is 8.73. The van der Waals surface area contributed by atoms with E-state index in [1.165, 1.54) is 0 Å². The Labute approximate surface area is 159 Å². The summed E-state index contributed by atoms with van der Waals surface area (Å²) in [5.74, 6) is -0.492. The Balaban J connectivity index is 2.28. The number of hydrogen-bond donors (Lipinski definition) is 0. The molecule has 3 aromatic rings. The van der Waals surface area contributed by atoms with Gasteiger partial charge in [0.25, 0.3) is 0 Å². The first-order valence-corrected chi connectivity index (χ1v) is 10.5. The standard InChI is InChI=1S/C22H21N2O2P/c1-2-26-22(25)18-23-24-27(19-12-6-3-7-13-19,20-14-8-4-9-15-20)21-16-10-5-11-17-21/h3-18H,2H2,1H3/b23-18-. The maximum atomic E-state index is 11.7. The molecule has 0 unspecified atom stereocenters. The molecule has 0 aliphatic carbocycles. The van der Waals surface area contributed by atoms with Crippen LogP contribution in [0, 0.1) is 0 Å². The molecule has 0 fully saturated rings. The van der Waals surface area contributed by atoms with Crippen LogP contribution < -0.4 is 15.9 Å². The largest absolute Gasteiger partial charge is 0.462 e. The van der Waals surface area contributed by atoms with Gasteiger partial charge in [-0.1, -0.05) is 91.0 Å². The molecule has 0 amide bonds. The molecule has 0 aromatic heterocycles. The molecule has 0 atom stereocenters. The molecule has 0 bridgehead atoms. The summed E-state index contributed by atoms with van der Waals surface area (Å²) in [5.41, 5.74) is 0. The molecule has 0 heterocycles. The van der Waals surface area contributed by atoms with Gasteiger partial charge in [0.1, 0.15) is 6.21 Å². The highest BCUT2D eigenvalue weighted by molar-refractivity contribution is 7.87. The maximum Gasteiger partial charge on any atom is 0.351 e. The van der Waals surface area contributed by atoms with E-state index in [1.54, 1.807) is 6.92 Å². The number of hydrogen-bond acceptors (Lipinski definition) is 3. The van der Waals surface area contributed by atoms with Gasteiger partial charge in [-0.3, -0.25) is 0 Å². The highest BCUT2D eigenvalue weighted by atomic mass is 31.2. The van der Waals surface area contributed by atoms with Crippen molar-refractivity contribution in [3.05, 3.63) is 91.0 Å². The zero-order chi connectivity index (χ0) is 19.0. The predicted octanol–water partition coefficient (Wildman–Crippen LogP) is 3.71. The van der Waals surface area contributed by atoms with Crippen molar-refractivity contribution in [1.82, 2.24) is 0 Å². The van der Waals surface area contributed by atoms with Crippen LogP contribution in [0.5, 0.6) is 0 Å². The lowest BCUT2D eigenvalue weighted by Crippen LogP contribution is -2.25. The van der Waals surface area contributed by atoms with Crippen LogP contribution in [0.15, 0.2) is 101 Å². The summed E-state index contributed by atoms with van der Waals surface area (Å²) in [5, 5.41) is 7.38. The predicted molar refractivity (Wildman–Crippen MR) is 113 cm³/mol. The molecule has 0 aliphatic rings. The molecule has 0 saturated carbocycles. The molecule has 0 aliphatic heterocycles. The van der Waals surface area contributed by atoms with Crippen molar-refractivity contribution in [2.24, 2.45) is 9.96 Å². The number of esters is 1. The van der Waals surface area contributed by atoms with Crippen LogP contribution >= 0.6 is 7.05 Å². The van der Waals surface area contributed by atoms with Gasteiger partial charge in [0.2, 0.25) is 0 Å². The van der Waals surface area contributed by atoms with Crippen LogP contribution in [0.2, 0.25) is 0 Å². The van der Waals surface area contributed by atoms with Gasteiger partial charge in [0, 0.05) is 15.9 Å².